The molecule has 3 aliphatic rings. The van der Waals surface area contributed by atoms with Crippen LogP contribution in [0.4, 0.5) is 0 Å². The summed E-state index contributed by atoms with van der Waals surface area (Å²) >= 11 is 0. The van der Waals surface area contributed by atoms with Crippen LogP contribution >= 0.6 is 0 Å². The highest BCUT2D eigenvalue weighted by molar-refractivity contribution is 5.26. The fourth-order valence-corrected chi connectivity index (χ4v) is 4.72. The molecule has 3 aliphatic carbocycles. The first-order chi connectivity index (χ1) is 10.9. The van der Waals surface area contributed by atoms with E-state index in [9.17, 15) is 0 Å². The molecular formula is C22H34. The quantitative estimate of drug-likeness (QED) is 0.482. The second kappa shape index (κ2) is 8.75. The molecule has 1 fully saturated rings. The third-order valence-electron chi connectivity index (χ3n) is 6.11. The van der Waals surface area contributed by atoms with Crippen molar-refractivity contribution in [2.45, 2.75) is 95.8 Å². The Hall–Kier alpha value is -0.780. The van der Waals surface area contributed by atoms with Crippen molar-refractivity contribution in [3.05, 3.63) is 35.4 Å². The van der Waals surface area contributed by atoms with Gasteiger partial charge in [-0.3, -0.25) is 0 Å². The number of hydrogen-bond acceptors (Lipinski definition) is 0. The maximum absolute atomic E-state index is 2.46. The highest BCUT2D eigenvalue weighted by atomic mass is 14.3. The second-order valence-electron chi connectivity index (χ2n) is 7.76. The van der Waals surface area contributed by atoms with E-state index >= 15 is 0 Å². The molecule has 4 rings (SSSR count). The van der Waals surface area contributed by atoms with Crippen LogP contribution in [-0.4, -0.2) is 0 Å². The molecule has 1 saturated carbocycles. The summed E-state index contributed by atoms with van der Waals surface area (Å²) in [7, 11) is 0. The van der Waals surface area contributed by atoms with Crippen LogP contribution in [0.25, 0.3) is 0 Å². The minimum absolute atomic E-state index is 0.857. The zero-order valence-electron chi connectivity index (χ0n) is 14.4. The lowest BCUT2D eigenvalue weighted by atomic mass is 9.73. The summed E-state index contributed by atoms with van der Waals surface area (Å²) in [6.07, 6.45) is 20.2. The van der Waals surface area contributed by atoms with E-state index in [0.29, 0.717) is 0 Å². The highest BCUT2D eigenvalue weighted by Gasteiger charge is 2.25. The minimum atomic E-state index is 0.857. The number of benzene rings is 1. The fraction of sp³-hybridized carbons (Fsp3) is 0.727. The molecule has 0 heteroatoms. The number of hydrogen-bond donors (Lipinski definition) is 0. The lowest BCUT2D eigenvalue weighted by Crippen LogP contribution is -2.18. The van der Waals surface area contributed by atoms with Crippen molar-refractivity contribution < 1.29 is 0 Å². The van der Waals surface area contributed by atoms with Gasteiger partial charge in [-0.05, 0) is 55.1 Å². The molecule has 122 valence electrons. The molecule has 2 atom stereocenters. The van der Waals surface area contributed by atoms with Crippen molar-refractivity contribution in [2.24, 2.45) is 5.92 Å². The van der Waals surface area contributed by atoms with Gasteiger partial charge in [0.2, 0.25) is 0 Å². The maximum atomic E-state index is 2.46. The normalized spacial score (nSPS) is 28.2. The number of aryl methyl sites for hydroxylation is 1. The first kappa shape index (κ1) is 16.1. The third kappa shape index (κ3) is 4.61. The summed E-state index contributed by atoms with van der Waals surface area (Å²) < 4.78 is 0. The van der Waals surface area contributed by atoms with Crippen molar-refractivity contribution in [1.82, 2.24) is 0 Å². The van der Waals surface area contributed by atoms with E-state index in [-0.39, 0.29) is 0 Å². The largest absolute Gasteiger partial charge is 0.0588 e. The molecule has 0 amide bonds. The Morgan fingerprint density at radius 2 is 1.09 bits per heavy atom. The Bertz CT molecular complexity index is 416. The van der Waals surface area contributed by atoms with E-state index in [1.54, 1.807) is 11.1 Å². The summed E-state index contributed by atoms with van der Waals surface area (Å²) in [6.45, 7) is 0. The molecule has 0 nitrogen and oxygen atoms in total. The summed E-state index contributed by atoms with van der Waals surface area (Å²) in [5.74, 6) is 1.82. The Balaban J connectivity index is 1.69. The molecule has 0 radical (unpaired) electrons. The Labute approximate surface area is 137 Å². The first-order valence-corrected chi connectivity index (χ1v) is 10.0. The molecule has 0 saturated heterocycles. The van der Waals surface area contributed by atoms with Gasteiger partial charge in [-0.2, -0.15) is 0 Å². The fourth-order valence-electron chi connectivity index (χ4n) is 4.72. The molecule has 2 bridgehead atoms. The van der Waals surface area contributed by atoms with Gasteiger partial charge in [-0.25, -0.2) is 0 Å². The van der Waals surface area contributed by atoms with Crippen molar-refractivity contribution in [3.8, 4) is 0 Å². The van der Waals surface area contributed by atoms with Crippen LogP contribution in [0.1, 0.15) is 101 Å². The van der Waals surface area contributed by atoms with Crippen LogP contribution < -0.4 is 0 Å². The monoisotopic (exact) mass is 298 g/mol. The van der Waals surface area contributed by atoms with Gasteiger partial charge in [0.05, 0.1) is 0 Å². The number of rotatable bonds is 0. The van der Waals surface area contributed by atoms with Gasteiger partial charge in [0.25, 0.3) is 0 Å². The molecule has 0 aromatic heterocycles. The summed E-state index contributed by atoms with van der Waals surface area (Å²) in [5, 5.41) is 0. The van der Waals surface area contributed by atoms with Gasteiger partial charge in [-0.1, -0.05) is 82.1 Å². The van der Waals surface area contributed by atoms with Gasteiger partial charge in [-0.15, -0.1) is 0 Å². The predicted molar refractivity (Wildman–Crippen MR) is 96.4 cm³/mol. The standard InChI is InChI=1S/C22H34/c1-2-4-6-8-12-20-13-9-10-14-22(20)21-17-15-19(16-18-21)11-7-5-3-1/h15-18,20,22H,1-14H2/t20-,22+/m1/s1. The van der Waals surface area contributed by atoms with E-state index in [2.05, 4.69) is 24.3 Å². The molecular weight excluding hydrogens is 264 g/mol. The average molecular weight is 299 g/mol. The molecule has 1 aromatic carbocycles. The van der Waals surface area contributed by atoms with Crippen LogP contribution in [0.5, 0.6) is 0 Å². The molecule has 0 N–H and O–H groups in total. The second-order valence-corrected chi connectivity index (χ2v) is 7.76. The maximum Gasteiger partial charge on any atom is -0.0134 e. The van der Waals surface area contributed by atoms with E-state index in [0.717, 1.165) is 11.8 Å². The van der Waals surface area contributed by atoms with Crippen LogP contribution in [0.15, 0.2) is 24.3 Å². The van der Waals surface area contributed by atoms with Gasteiger partial charge >= 0.3 is 0 Å². The topological polar surface area (TPSA) is 0 Å². The average Bonchev–Trinajstić information content (AvgIpc) is 2.56. The van der Waals surface area contributed by atoms with Crippen molar-refractivity contribution in [2.75, 3.05) is 0 Å². The van der Waals surface area contributed by atoms with E-state index in [1.807, 2.05) is 0 Å². The van der Waals surface area contributed by atoms with Crippen molar-refractivity contribution in [1.29, 1.82) is 0 Å². The lowest BCUT2D eigenvalue weighted by molar-refractivity contribution is 0.282. The Morgan fingerprint density at radius 3 is 1.82 bits per heavy atom. The first-order valence-electron chi connectivity index (χ1n) is 10.0. The zero-order chi connectivity index (χ0) is 15.0. The molecule has 0 unspecified atom stereocenters. The minimum Gasteiger partial charge on any atom is -0.0588 e. The van der Waals surface area contributed by atoms with E-state index < -0.39 is 0 Å². The molecule has 0 aliphatic heterocycles. The van der Waals surface area contributed by atoms with Crippen LogP contribution in [0.2, 0.25) is 0 Å². The van der Waals surface area contributed by atoms with Gasteiger partial charge in [0, 0.05) is 0 Å². The molecule has 1 aromatic rings. The molecule has 0 heterocycles. The summed E-state index contributed by atoms with van der Waals surface area (Å²) in [6, 6.07) is 9.77. The van der Waals surface area contributed by atoms with Crippen LogP contribution in [0, 0.1) is 5.92 Å². The van der Waals surface area contributed by atoms with E-state index in [1.165, 1.54) is 89.9 Å². The van der Waals surface area contributed by atoms with Gasteiger partial charge in [0.1, 0.15) is 0 Å². The molecule has 0 spiro atoms. The predicted octanol–water partition coefficient (Wildman–Crippen LogP) is 7.03. The third-order valence-corrected chi connectivity index (χ3v) is 6.11. The van der Waals surface area contributed by atoms with Crippen molar-refractivity contribution >= 4 is 0 Å². The lowest BCUT2D eigenvalue weighted by Gasteiger charge is -2.32. The zero-order valence-corrected chi connectivity index (χ0v) is 14.4. The summed E-state index contributed by atoms with van der Waals surface area (Å²) in [4.78, 5) is 0. The Morgan fingerprint density at radius 1 is 0.545 bits per heavy atom. The van der Waals surface area contributed by atoms with Gasteiger partial charge in [0.15, 0.2) is 0 Å². The SMILES string of the molecule is c1cc2ccc1CCCCCCCCCC[C@@H]1CCCC[C@H]21. The highest BCUT2D eigenvalue weighted by Crippen LogP contribution is 2.40. The summed E-state index contributed by atoms with van der Waals surface area (Å²) in [5.41, 5.74) is 3.20. The van der Waals surface area contributed by atoms with E-state index in [4.69, 9.17) is 0 Å². The Kier molecular flexibility index (Phi) is 6.40. The van der Waals surface area contributed by atoms with Crippen molar-refractivity contribution in [3.63, 3.8) is 0 Å². The van der Waals surface area contributed by atoms with Crippen LogP contribution in [0.3, 0.4) is 0 Å². The van der Waals surface area contributed by atoms with Crippen LogP contribution in [-0.2, 0) is 6.42 Å². The smallest absolute Gasteiger partial charge is 0.0134 e. The van der Waals surface area contributed by atoms with Gasteiger partial charge < -0.3 is 0 Å². The number of fused-ring (bicyclic) bond motifs is 11. The molecule has 22 heavy (non-hydrogen) atoms.